The highest BCUT2D eigenvalue weighted by molar-refractivity contribution is 6.04. The molecule has 0 aliphatic carbocycles. The molecule has 0 saturated heterocycles. The first-order valence-electron chi connectivity index (χ1n) is 7.88. The van der Waals surface area contributed by atoms with Crippen molar-refractivity contribution in [1.29, 1.82) is 0 Å². The second kappa shape index (κ2) is 8.08. The van der Waals surface area contributed by atoms with Gasteiger partial charge in [0, 0.05) is 23.5 Å². The lowest BCUT2D eigenvalue weighted by atomic mass is 10.2. The maximum atomic E-state index is 12.4. The second-order valence-corrected chi connectivity index (χ2v) is 5.47. The normalized spacial score (nSPS) is 10.3. The van der Waals surface area contributed by atoms with Gasteiger partial charge in [-0.2, -0.15) is 0 Å². The van der Waals surface area contributed by atoms with E-state index in [0.29, 0.717) is 23.7 Å². The summed E-state index contributed by atoms with van der Waals surface area (Å²) in [5.41, 5.74) is 2.84. The van der Waals surface area contributed by atoms with Crippen molar-refractivity contribution >= 4 is 11.6 Å². The average molecular weight is 334 g/mol. The lowest BCUT2D eigenvalue weighted by Crippen LogP contribution is -2.12. The molecule has 1 heterocycles. The first kappa shape index (κ1) is 16.7. The molecule has 1 amide bonds. The van der Waals surface area contributed by atoms with Crippen LogP contribution in [0.5, 0.6) is 5.88 Å². The number of hydrogen-bond donors (Lipinski definition) is 2. The Hall–Kier alpha value is -3.18. The van der Waals surface area contributed by atoms with Gasteiger partial charge in [-0.15, -0.1) is 0 Å². The minimum Gasteiger partial charge on any atom is -0.473 e. The van der Waals surface area contributed by atoms with Gasteiger partial charge in [0.25, 0.3) is 5.91 Å². The summed E-state index contributed by atoms with van der Waals surface area (Å²) in [5.74, 6) is 0.127. The molecule has 0 radical (unpaired) electrons. The van der Waals surface area contributed by atoms with Gasteiger partial charge in [0.2, 0.25) is 5.88 Å². The van der Waals surface area contributed by atoms with Crippen LogP contribution in [0.1, 0.15) is 21.5 Å². The van der Waals surface area contributed by atoms with Gasteiger partial charge in [-0.25, -0.2) is 4.98 Å². The van der Waals surface area contributed by atoms with Gasteiger partial charge in [-0.1, -0.05) is 42.5 Å². The zero-order chi connectivity index (χ0) is 17.5. The molecule has 1 aromatic heterocycles. The smallest absolute Gasteiger partial charge is 0.255 e. The molecule has 0 saturated carbocycles. The summed E-state index contributed by atoms with van der Waals surface area (Å²) in [6.07, 6.45) is 1.54. The number of rotatable bonds is 6. The summed E-state index contributed by atoms with van der Waals surface area (Å²) in [5, 5.41) is 12.0. The van der Waals surface area contributed by atoms with E-state index in [9.17, 15) is 4.79 Å². The molecule has 0 aliphatic rings. The molecule has 5 nitrogen and oxygen atoms in total. The molecule has 0 atom stereocenters. The number of amides is 1. The van der Waals surface area contributed by atoms with Crippen LogP contribution in [0.2, 0.25) is 0 Å². The number of nitrogens with zero attached hydrogens (tertiary/aromatic N) is 1. The van der Waals surface area contributed by atoms with Crippen LogP contribution in [0.15, 0.2) is 72.9 Å². The molecule has 126 valence electrons. The van der Waals surface area contributed by atoms with Crippen LogP contribution >= 0.6 is 0 Å². The highest BCUT2D eigenvalue weighted by Gasteiger charge is 2.08. The van der Waals surface area contributed by atoms with Crippen molar-refractivity contribution in [2.75, 3.05) is 5.32 Å². The third-order valence-electron chi connectivity index (χ3n) is 3.59. The molecule has 5 heteroatoms. The van der Waals surface area contributed by atoms with Gasteiger partial charge < -0.3 is 15.2 Å². The molecular formula is C20H18N2O3. The minimum atomic E-state index is -0.262. The molecule has 0 fully saturated rings. The van der Waals surface area contributed by atoms with Crippen molar-refractivity contribution in [1.82, 2.24) is 4.98 Å². The van der Waals surface area contributed by atoms with Gasteiger partial charge in [-0.05, 0) is 29.3 Å². The number of anilines is 1. The van der Waals surface area contributed by atoms with Crippen molar-refractivity contribution < 1.29 is 14.6 Å². The molecular weight excluding hydrogens is 316 g/mol. The fraction of sp³-hybridized carbons (Fsp3) is 0.100. The van der Waals surface area contributed by atoms with Crippen LogP contribution in [0.4, 0.5) is 5.69 Å². The Labute approximate surface area is 145 Å². The average Bonchev–Trinajstić information content (AvgIpc) is 2.67. The number of hydrogen-bond acceptors (Lipinski definition) is 4. The molecule has 2 aromatic carbocycles. The van der Waals surface area contributed by atoms with Crippen molar-refractivity contribution in [3.63, 3.8) is 0 Å². The van der Waals surface area contributed by atoms with E-state index in [1.54, 1.807) is 42.6 Å². The first-order chi connectivity index (χ1) is 12.2. The maximum absolute atomic E-state index is 12.4. The number of carbonyl (C=O) groups is 1. The lowest BCUT2D eigenvalue weighted by Gasteiger charge is -2.09. The van der Waals surface area contributed by atoms with E-state index in [1.165, 1.54) is 0 Å². The first-order valence-corrected chi connectivity index (χ1v) is 7.88. The predicted molar refractivity (Wildman–Crippen MR) is 95.3 cm³/mol. The SMILES string of the molecule is O=C(Nc1cccc(CO)c1)c1ccnc(OCc2ccccc2)c1. The number of aromatic nitrogens is 1. The van der Waals surface area contributed by atoms with Gasteiger partial charge in [-0.3, -0.25) is 4.79 Å². The van der Waals surface area contributed by atoms with Crippen LogP contribution < -0.4 is 10.1 Å². The van der Waals surface area contributed by atoms with Gasteiger partial charge in [0.15, 0.2) is 0 Å². The molecule has 0 bridgehead atoms. The highest BCUT2D eigenvalue weighted by Crippen LogP contribution is 2.15. The largest absolute Gasteiger partial charge is 0.473 e. The minimum absolute atomic E-state index is 0.0730. The number of carbonyl (C=O) groups excluding carboxylic acids is 1. The van der Waals surface area contributed by atoms with Crippen LogP contribution in [0.3, 0.4) is 0 Å². The second-order valence-electron chi connectivity index (χ2n) is 5.47. The Morgan fingerprint density at radius 3 is 2.60 bits per heavy atom. The van der Waals surface area contributed by atoms with E-state index in [2.05, 4.69) is 10.3 Å². The van der Waals surface area contributed by atoms with Crippen molar-refractivity contribution in [2.24, 2.45) is 0 Å². The Bertz CT molecular complexity index is 850. The molecule has 3 aromatic rings. The summed E-state index contributed by atoms with van der Waals surface area (Å²) in [6.45, 7) is 0.313. The monoisotopic (exact) mass is 334 g/mol. The van der Waals surface area contributed by atoms with E-state index in [0.717, 1.165) is 11.1 Å². The van der Waals surface area contributed by atoms with Crippen LogP contribution in [0, 0.1) is 0 Å². The third kappa shape index (κ3) is 4.65. The van der Waals surface area contributed by atoms with Crippen LogP contribution in [-0.2, 0) is 13.2 Å². The molecule has 2 N–H and O–H groups in total. The zero-order valence-corrected chi connectivity index (χ0v) is 13.6. The van der Waals surface area contributed by atoms with E-state index in [1.807, 2.05) is 30.3 Å². The number of pyridine rings is 1. The number of benzene rings is 2. The van der Waals surface area contributed by atoms with E-state index < -0.39 is 0 Å². The zero-order valence-electron chi connectivity index (χ0n) is 13.6. The number of aliphatic hydroxyl groups is 1. The van der Waals surface area contributed by atoms with E-state index in [4.69, 9.17) is 9.84 Å². The molecule has 3 rings (SSSR count). The summed E-state index contributed by atoms with van der Waals surface area (Å²) < 4.78 is 5.65. The maximum Gasteiger partial charge on any atom is 0.255 e. The van der Waals surface area contributed by atoms with Crippen LogP contribution in [0.25, 0.3) is 0 Å². The fourth-order valence-electron chi connectivity index (χ4n) is 2.31. The predicted octanol–water partition coefficient (Wildman–Crippen LogP) is 3.41. The highest BCUT2D eigenvalue weighted by atomic mass is 16.5. The molecule has 0 aliphatic heterocycles. The Balaban J connectivity index is 1.66. The molecule has 0 spiro atoms. The number of nitrogens with one attached hydrogen (secondary N) is 1. The van der Waals surface area contributed by atoms with Gasteiger partial charge in [0.1, 0.15) is 6.61 Å². The summed E-state index contributed by atoms with van der Waals surface area (Å²) in [7, 11) is 0. The van der Waals surface area contributed by atoms with Crippen molar-refractivity contribution in [3.05, 3.63) is 89.6 Å². The van der Waals surface area contributed by atoms with E-state index in [-0.39, 0.29) is 12.5 Å². The molecule has 25 heavy (non-hydrogen) atoms. The number of aliphatic hydroxyl groups excluding tert-OH is 1. The van der Waals surface area contributed by atoms with Crippen molar-refractivity contribution in [3.8, 4) is 5.88 Å². The third-order valence-corrected chi connectivity index (χ3v) is 3.59. The van der Waals surface area contributed by atoms with Gasteiger partial charge >= 0.3 is 0 Å². The topological polar surface area (TPSA) is 71.5 Å². The Kier molecular flexibility index (Phi) is 5.39. The van der Waals surface area contributed by atoms with Gasteiger partial charge in [0.05, 0.1) is 6.61 Å². The summed E-state index contributed by atoms with van der Waals surface area (Å²) in [4.78, 5) is 16.5. The number of ether oxygens (including phenoxy) is 1. The lowest BCUT2D eigenvalue weighted by molar-refractivity contribution is 0.102. The Morgan fingerprint density at radius 1 is 1.00 bits per heavy atom. The van der Waals surface area contributed by atoms with Crippen LogP contribution in [-0.4, -0.2) is 16.0 Å². The Morgan fingerprint density at radius 2 is 1.80 bits per heavy atom. The molecule has 0 unspecified atom stereocenters. The standard InChI is InChI=1S/C20H18N2O3/c23-13-16-7-4-8-18(11-16)22-20(24)17-9-10-21-19(12-17)25-14-15-5-2-1-3-6-15/h1-12,23H,13-14H2,(H,22,24). The van der Waals surface area contributed by atoms with E-state index >= 15 is 0 Å². The van der Waals surface area contributed by atoms with Crippen molar-refractivity contribution in [2.45, 2.75) is 13.2 Å². The quantitative estimate of drug-likeness (QED) is 0.725. The fourth-order valence-corrected chi connectivity index (χ4v) is 2.31. The summed E-state index contributed by atoms with van der Waals surface area (Å²) >= 11 is 0. The summed E-state index contributed by atoms with van der Waals surface area (Å²) in [6, 6.07) is 20.0.